The molecule has 100 valence electrons. The predicted molar refractivity (Wildman–Crippen MR) is 68.1 cm³/mol. The van der Waals surface area contributed by atoms with Crippen molar-refractivity contribution >= 4 is 7.60 Å². The van der Waals surface area contributed by atoms with E-state index >= 15 is 0 Å². The van der Waals surface area contributed by atoms with Crippen molar-refractivity contribution in [3.05, 3.63) is 11.4 Å². The van der Waals surface area contributed by atoms with E-state index < -0.39 is 7.60 Å². The average molecular weight is 262 g/mol. The Morgan fingerprint density at radius 3 is 2.41 bits per heavy atom. The van der Waals surface area contributed by atoms with E-state index in [1.165, 1.54) is 0 Å². The molecule has 1 aliphatic carbocycles. The van der Waals surface area contributed by atoms with Crippen LogP contribution in [0, 0.1) is 5.92 Å². The van der Waals surface area contributed by atoms with E-state index in [1.807, 2.05) is 19.9 Å². The summed E-state index contributed by atoms with van der Waals surface area (Å²) >= 11 is 0. The molecule has 0 N–H and O–H groups in total. The van der Waals surface area contributed by atoms with E-state index in [0.717, 1.165) is 12.8 Å². The van der Waals surface area contributed by atoms with Crippen LogP contribution in [0.15, 0.2) is 11.4 Å². The van der Waals surface area contributed by atoms with E-state index in [9.17, 15) is 4.57 Å². The Kier molecular flexibility index (Phi) is 5.87. The molecule has 2 atom stereocenters. The van der Waals surface area contributed by atoms with Crippen LogP contribution in [0.1, 0.15) is 33.6 Å². The molecule has 0 saturated carbocycles. The Morgan fingerprint density at radius 1 is 1.35 bits per heavy atom. The molecule has 0 aromatic rings. The third kappa shape index (κ3) is 3.65. The maximum atomic E-state index is 12.7. The first-order chi connectivity index (χ1) is 8.07. The first-order valence-corrected chi connectivity index (χ1v) is 7.74. The van der Waals surface area contributed by atoms with Crippen LogP contribution in [0.2, 0.25) is 0 Å². The predicted octanol–water partition coefficient (Wildman–Crippen LogP) is 3.58. The topological polar surface area (TPSA) is 44.8 Å². The molecule has 0 saturated heterocycles. The lowest BCUT2D eigenvalue weighted by Crippen LogP contribution is -2.22. The third-order valence-corrected chi connectivity index (χ3v) is 5.17. The lowest BCUT2D eigenvalue weighted by molar-refractivity contribution is 0.104. The number of ether oxygens (including phenoxy) is 1. The van der Waals surface area contributed by atoms with Gasteiger partial charge in [0.25, 0.3) is 0 Å². The normalized spacial score (nSPS) is 25.8. The van der Waals surface area contributed by atoms with Crippen LogP contribution in [-0.2, 0) is 18.3 Å². The minimum Gasteiger partial charge on any atom is -0.376 e. The van der Waals surface area contributed by atoms with Crippen molar-refractivity contribution in [1.29, 1.82) is 0 Å². The molecule has 0 aliphatic heterocycles. The molecule has 0 bridgehead atoms. The van der Waals surface area contributed by atoms with Crippen molar-refractivity contribution in [1.82, 2.24) is 0 Å². The molecular formula is C12H23O4P. The second-order valence-electron chi connectivity index (χ2n) is 4.26. The first-order valence-electron chi connectivity index (χ1n) is 6.19. The largest absolute Gasteiger partial charge is 0.376 e. The summed E-state index contributed by atoms with van der Waals surface area (Å²) in [7, 11) is -1.52. The van der Waals surface area contributed by atoms with Gasteiger partial charge in [-0.25, -0.2) is 0 Å². The maximum Gasteiger partial charge on any atom is 0.359 e. The Hall–Kier alpha value is -0.150. The molecule has 0 spiro atoms. The molecule has 0 radical (unpaired) electrons. The van der Waals surface area contributed by atoms with Crippen molar-refractivity contribution in [3.8, 4) is 0 Å². The quantitative estimate of drug-likeness (QED) is 0.686. The second-order valence-corrected chi connectivity index (χ2v) is 6.29. The molecular weight excluding hydrogens is 239 g/mol. The number of hydrogen-bond acceptors (Lipinski definition) is 4. The van der Waals surface area contributed by atoms with Gasteiger partial charge in [-0.2, -0.15) is 0 Å². The van der Waals surface area contributed by atoms with Crippen LogP contribution in [-0.4, -0.2) is 26.4 Å². The van der Waals surface area contributed by atoms with Gasteiger partial charge in [-0.15, -0.1) is 0 Å². The number of methoxy groups -OCH3 is 1. The molecule has 0 aromatic carbocycles. The zero-order valence-electron chi connectivity index (χ0n) is 11.1. The summed E-state index contributed by atoms with van der Waals surface area (Å²) in [4.78, 5) is 0. The van der Waals surface area contributed by atoms with Gasteiger partial charge in [0, 0.05) is 7.11 Å². The van der Waals surface area contributed by atoms with Crippen molar-refractivity contribution in [3.63, 3.8) is 0 Å². The van der Waals surface area contributed by atoms with E-state index in [4.69, 9.17) is 13.8 Å². The highest BCUT2D eigenvalue weighted by atomic mass is 31.2. The van der Waals surface area contributed by atoms with Crippen molar-refractivity contribution in [2.75, 3.05) is 20.3 Å². The van der Waals surface area contributed by atoms with Crippen LogP contribution in [0.5, 0.6) is 0 Å². The summed E-state index contributed by atoms with van der Waals surface area (Å²) in [6.45, 7) is 6.55. The van der Waals surface area contributed by atoms with Gasteiger partial charge < -0.3 is 13.8 Å². The Bertz CT molecular complexity index is 304. The highest BCUT2D eigenvalue weighted by molar-refractivity contribution is 7.58. The number of allylic oxidation sites excluding steroid dienone is 1. The van der Waals surface area contributed by atoms with Crippen molar-refractivity contribution in [2.24, 2.45) is 5.92 Å². The van der Waals surface area contributed by atoms with Crippen LogP contribution in [0.4, 0.5) is 0 Å². The zero-order valence-corrected chi connectivity index (χ0v) is 12.0. The summed E-state index contributed by atoms with van der Waals surface area (Å²) in [5, 5.41) is 0.696. The smallest absolute Gasteiger partial charge is 0.359 e. The average Bonchev–Trinajstić information content (AvgIpc) is 2.29. The summed E-state index contributed by atoms with van der Waals surface area (Å²) in [6.07, 6.45) is 3.59. The van der Waals surface area contributed by atoms with Crippen LogP contribution in [0.3, 0.4) is 0 Å². The monoisotopic (exact) mass is 262 g/mol. The Morgan fingerprint density at radius 2 is 1.94 bits per heavy atom. The number of rotatable bonds is 6. The SMILES string of the molecule is CCOP(=O)(OCC)C1=CC[C@@H](C)C[C@H]1OC. The Labute approximate surface area is 104 Å². The van der Waals surface area contributed by atoms with Crippen molar-refractivity contribution < 1.29 is 18.3 Å². The van der Waals surface area contributed by atoms with Gasteiger partial charge in [-0.05, 0) is 32.6 Å². The van der Waals surface area contributed by atoms with E-state index in [-0.39, 0.29) is 6.10 Å². The van der Waals surface area contributed by atoms with E-state index in [2.05, 4.69) is 6.92 Å². The molecule has 0 unspecified atom stereocenters. The third-order valence-electron chi connectivity index (χ3n) is 2.87. The molecule has 4 nitrogen and oxygen atoms in total. The van der Waals surface area contributed by atoms with Gasteiger partial charge in [-0.1, -0.05) is 13.0 Å². The zero-order chi connectivity index (χ0) is 12.9. The molecule has 17 heavy (non-hydrogen) atoms. The first kappa shape index (κ1) is 14.9. The fourth-order valence-corrected chi connectivity index (χ4v) is 4.01. The molecule has 5 heteroatoms. The fourth-order valence-electron chi connectivity index (χ4n) is 2.07. The summed E-state index contributed by atoms with van der Waals surface area (Å²) < 4.78 is 28.8. The van der Waals surface area contributed by atoms with Gasteiger partial charge in [0.15, 0.2) is 0 Å². The molecule has 0 heterocycles. The highest BCUT2D eigenvalue weighted by Gasteiger charge is 2.37. The summed E-state index contributed by atoms with van der Waals surface area (Å²) in [6, 6.07) is 0. The van der Waals surface area contributed by atoms with Crippen LogP contribution in [0.25, 0.3) is 0 Å². The maximum absolute atomic E-state index is 12.7. The minimum absolute atomic E-state index is 0.150. The van der Waals surface area contributed by atoms with Crippen LogP contribution < -0.4 is 0 Å². The van der Waals surface area contributed by atoms with Gasteiger partial charge in [0.2, 0.25) is 0 Å². The second kappa shape index (κ2) is 6.69. The van der Waals surface area contributed by atoms with Crippen LogP contribution >= 0.6 is 7.60 Å². The number of hydrogen-bond donors (Lipinski definition) is 0. The van der Waals surface area contributed by atoms with Gasteiger partial charge in [-0.3, -0.25) is 4.57 Å². The fraction of sp³-hybridized carbons (Fsp3) is 0.833. The molecule has 1 aliphatic rings. The minimum atomic E-state index is -3.16. The molecule has 0 aromatic heterocycles. The van der Waals surface area contributed by atoms with E-state index in [1.54, 1.807) is 7.11 Å². The molecule has 0 amide bonds. The summed E-state index contributed by atoms with van der Waals surface area (Å²) in [5.41, 5.74) is 0. The Balaban J connectivity index is 2.96. The van der Waals surface area contributed by atoms with Gasteiger partial charge in [0.1, 0.15) is 0 Å². The standard InChI is InChI=1S/C12H23O4P/c1-5-15-17(13,16-6-2)12-8-7-10(3)9-11(12)14-4/h8,10-11H,5-7,9H2,1-4H3/t10-,11-/m1/s1. The van der Waals surface area contributed by atoms with Gasteiger partial charge in [0.05, 0.1) is 24.6 Å². The molecule has 1 rings (SSSR count). The summed E-state index contributed by atoms with van der Waals surface area (Å²) in [5.74, 6) is 0.542. The van der Waals surface area contributed by atoms with E-state index in [0.29, 0.717) is 24.4 Å². The lowest BCUT2D eigenvalue weighted by atomic mass is 9.94. The highest BCUT2D eigenvalue weighted by Crippen LogP contribution is 2.59. The van der Waals surface area contributed by atoms with Crippen molar-refractivity contribution in [2.45, 2.75) is 39.7 Å². The molecule has 0 fully saturated rings. The lowest BCUT2D eigenvalue weighted by Gasteiger charge is -2.30. The van der Waals surface area contributed by atoms with Gasteiger partial charge >= 0.3 is 7.60 Å².